The van der Waals surface area contributed by atoms with Crippen molar-refractivity contribution in [3.05, 3.63) is 105 Å². The first kappa shape index (κ1) is 24.7. The van der Waals surface area contributed by atoms with Gasteiger partial charge in [0, 0.05) is 17.6 Å². The van der Waals surface area contributed by atoms with Crippen LogP contribution in [0.2, 0.25) is 5.02 Å². The third-order valence-electron chi connectivity index (χ3n) is 6.50. The zero-order valence-electron chi connectivity index (χ0n) is 20.6. The van der Waals surface area contributed by atoms with E-state index < -0.39 is 6.04 Å². The van der Waals surface area contributed by atoms with Gasteiger partial charge in [-0.15, -0.1) is 0 Å². The van der Waals surface area contributed by atoms with E-state index in [1.165, 1.54) is 5.56 Å². The Morgan fingerprint density at radius 2 is 1.80 bits per heavy atom. The molecule has 4 rings (SSSR count). The molecule has 6 heteroatoms. The maximum Gasteiger partial charge on any atom is 0.266 e. The molecule has 1 atom stereocenters. The molecule has 0 fully saturated rings. The molecule has 180 valence electrons. The van der Waals surface area contributed by atoms with Gasteiger partial charge in [-0.25, -0.2) is 4.98 Å². The van der Waals surface area contributed by atoms with E-state index in [2.05, 4.69) is 6.92 Å². The topological polar surface area (TPSA) is 55.2 Å². The quantitative estimate of drug-likeness (QED) is 0.298. The third kappa shape index (κ3) is 5.01. The standard InChI is InChI=1S/C29H30ClN3O2/c1-5-6-9-21-12-14-22(15-13-21)28(34)32(4)20(3)27-31-25-11-8-7-10-24(25)29(35)33(27)26-17-16-23(30)18-19(26)2/h7-8,10-18,20H,5-6,9H2,1-4H3. The van der Waals surface area contributed by atoms with Gasteiger partial charge >= 0.3 is 0 Å². The van der Waals surface area contributed by atoms with E-state index in [0.717, 1.165) is 24.8 Å². The summed E-state index contributed by atoms with van der Waals surface area (Å²) in [4.78, 5) is 33.5. The molecule has 0 aliphatic heterocycles. The number of aryl methyl sites for hydroxylation is 2. The van der Waals surface area contributed by atoms with Gasteiger partial charge < -0.3 is 4.90 Å². The molecule has 0 radical (unpaired) electrons. The average Bonchev–Trinajstić information content (AvgIpc) is 2.87. The number of rotatable bonds is 7. The van der Waals surface area contributed by atoms with Gasteiger partial charge in [0.2, 0.25) is 0 Å². The van der Waals surface area contributed by atoms with Crippen LogP contribution in [-0.2, 0) is 6.42 Å². The molecular formula is C29H30ClN3O2. The lowest BCUT2D eigenvalue weighted by Crippen LogP contribution is -2.35. The number of aromatic nitrogens is 2. The molecule has 0 bridgehead atoms. The minimum Gasteiger partial charge on any atom is -0.332 e. The van der Waals surface area contributed by atoms with E-state index in [-0.39, 0.29) is 11.5 Å². The maximum atomic E-state index is 13.7. The zero-order chi connectivity index (χ0) is 25.1. The van der Waals surface area contributed by atoms with Gasteiger partial charge in [0.05, 0.1) is 22.6 Å². The molecule has 1 aromatic heterocycles. The second-order valence-electron chi connectivity index (χ2n) is 8.95. The number of hydrogen-bond acceptors (Lipinski definition) is 3. The van der Waals surface area contributed by atoms with E-state index in [0.29, 0.717) is 33.0 Å². The molecule has 0 N–H and O–H groups in total. The van der Waals surface area contributed by atoms with Crippen LogP contribution in [0.5, 0.6) is 0 Å². The van der Waals surface area contributed by atoms with Gasteiger partial charge in [0.1, 0.15) is 5.82 Å². The number of halogens is 1. The lowest BCUT2D eigenvalue weighted by molar-refractivity contribution is 0.0735. The number of fused-ring (bicyclic) bond motifs is 1. The molecule has 0 saturated carbocycles. The van der Waals surface area contributed by atoms with Crippen LogP contribution in [-0.4, -0.2) is 27.4 Å². The van der Waals surface area contributed by atoms with E-state index in [9.17, 15) is 9.59 Å². The Morgan fingerprint density at radius 3 is 2.49 bits per heavy atom. The summed E-state index contributed by atoms with van der Waals surface area (Å²) >= 11 is 6.18. The zero-order valence-corrected chi connectivity index (χ0v) is 21.3. The summed E-state index contributed by atoms with van der Waals surface area (Å²) in [5.41, 5.74) is 3.80. The predicted molar refractivity (Wildman–Crippen MR) is 143 cm³/mol. The number of nitrogens with zero attached hydrogens (tertiary/aromatic N) is 3. The first-order chi connectivity index (χ1) is 16.8. The summed E-state index contributed by atoms with van der Waals surface area (Å²) < 4.78 is 1.61. The average molecular weight is 488 g/mol. The highest BCUT2D eigenvalue weighted by Crippen LogP contribution is 2.26. The van der Waals surface area contributed by atoms with Crippen molar-refractivity contribution in [3.8, 4) is 5.69 Å². The van der Waals surface area contributed by atoms with Gasteiger partial charge in [0.15, 0.2) is 0 Å². The lowest BCUT2D eigenvalue weighted by atomic mass is 10.1. The second kappa shape index (κ2) is 10.4. The molecule has 0 aliphatic rings. The fourth-order valence-electron chi connectivity index (χ4n) is 4.28. The first-order valence-electron chi connectivity index (χ1n) is 12.0. The summed E-state index contributed by atoms with van der Waals surface area (Å²) in [6, 6.07) is 20.0. The van der Waals surface area contributed by atoms with Crippen LogP contribution >= 0.6 is 11.6 Å². The number of hydrogen-bond donors (Lipinski definition) is 0. The Kier molecular flexibility index (Phi) is 7.37. The van der Waals surface area contributed by atoms with Crippen molar-refractivity contribution in [2.45, 2.75) is 46.1 Å². The van der Waals surface area contributed by atoms with E-state index in [4.69, 9.17) is 16.6 Å². The summed E-state index contributed by atoms with van der Waals surface area (Å²) in [6.45, 7) is 5.97. The van der Waals surface area contributed by atoms with Crippen LogP contribution in [0.4, 0.5) is 0 Å². The summed E-state index contributed by atoms with van der Waals surface area (Å²) in [6.07, 6.45) is 3.26. The largest absolute Gasteiger partial charge is 0.332 e. The van der Waals surface area contributed by atoms with Crippen molar-refractivity contribution < 1.29 is 4.79 Å². The Labute approximate surface area is 211 Å². The number of carbonyl (C=O) groups is 1. The number of para-hydroxylation sites is 1. The van der Waals surface area contributed by atoms with Crippen molar-refractivity contribution in [3.63, 3.8) is 0 Å². The lowest BCUT2D eigenvalue weighted by Gasteiger charge is -2.27. The molecule has 1 unspecified atom stereocenters. The van der Waals surface area contributed by atoms with Crippen LogP contribution in [0.3, 0.4) is 0 Å². The summed E-state index contributed by atoms with van der Waals surface area (Å²) in [7, 11) is 1.75. The maximum absolute atomic E-state index is 13.7. The fraction of sp³-hybridized carbons (Fsp3) is 0.276. The molecule has 1 heterocycles. The van der Waals surface area contributed by atoms with Gasteiger partial charge in [-0.2, -0.15) is 0 Å². The SMILES string of the molecule is CCCCc1ccc(C(=O)N(C)C(C)c2nc3ccccc3c(=O)n2-c2ccc(Cl)cc2C)cc1. The van der Waals surface area contributed by atoms with Crippen molar-refractivity contribution in [1.29, 1.82) is 0 Å². The molecule has 3 aromatic carbocycles. The molecular weight excluding hydrogens is 458 g/mol. The molecule has 0 spiro atoms. The normalized spacial score (nSPS) is 12.0. The highest BCUT2D eigenvalue weighted by atomic mass is 35.5. The van der Waals surface area contributed by atoms with Gasteiger partial charge in [-0.3, -0.25) is 14.2 Å². The van der Waals surface area contributed by atoms with Crippen LogP contribution in [0.1, 0.15) is 60.0 Å². The Hall–Kier alpha value is -3.44. The molecule has 35 heavy (non-hydrogen) atoms. The number of unbranched alkanes of at least 4 members (excludes halogenated alkanes) is 1. The summed E-state index contributed by atoms with van der Waals surface area (Å²) in [5, 5.41) is 1.12. The van der Waals surface area contributed by atoms with E-state index in [1.807, 2.05) is 68.4 Å². The van der Waals surface area contributed by atoms with Crippen LogP contribution in [0, 0.1) is 6.92 Å². The fourth-order valence-corrected chi connectivity index (χ4v) is 4.51. The van der Waals surface area contributed by atoms with Gasteiger partial charge in [-0.05, 0) is 80.3 Å². The number of carbonyl (C=O) groups excluding carboxylic acids is 1. The summed E-state index contributed by atoms with van der Waals surface area (Å²) in [5.74, 6) is 0.371. The highest BCUT2D eigenvalue weighted by molar-refractivity contribution is 6.30. The minimum absolute atomic E-state index is 0.124. The Morgan fingerprint density at radius 1 is 1.09 bits per heavy atom. The van der Waals surface area contributed by atoms with E-state index in [1.54, 1.807) is 28.6 Å². The van der Waals surface area contributed by atoms with Crippen LogP contribution < -0.4 is 5.56 Å². The molecule has 5 nitrogen and oxygen atoms in total. The van der Waals surface area contributed by atoms with Crippen molar-refractivity contribution >= 4 is 28.4 Å². The minimum atomic E-state index is -0.463. The van der Waals surface area contributed by atoms with Gasteiger partial charge in [-0.1, -0.05) is 49.2 Å². The predicted octanol–water partition coefficient (Wildman–Crippen LogP) is 6.52. The Balaban J connectivity index is 1.78. The molecule has 1 amide bonds. The second-order valence-corrected chi connectivity index (χ2v) is 9.39. The van der Waals surface area contributed by atoms with Crippen molar-refractivity contribution in [2.75, 3.05) is 7.05 Å². The Bertz CT molecular complexity index is 1430. The monoisotopic (exact) mass is 487 g/mol. The molecule has 4 aromatic rings. The molecule has 0 saturated heterocycles. The van der Waals surface area contributed by atoms with Crippen LogP contribution in [0.15, 0.2) is 71.5 Å². The van der Waals surface area contributed by atoms with E-state index >= 15 is 0 Å². The first-order valence-corrected chi connectivity index (χ1v) is 12.3. The highest BCUT2D eigenvalue weighted by Gasteiger charge is 2.25. The van der Waals surface area contributed by atoms with Crippen molar-refractivity contribution in [2.24, 2.45) is 0 Å². The van der Waals surface area contributed by atoms with Crippen LogP contribution in [0.25, 0.3) is 16.6 Å². The molecule has 0 aliphatic carbocycles. The third-order valence-corrected chi connectivity index (χ3v) is 6.73. The van der Waals surface area contributed by atoms with Crippen molar-refractivity contribution in [1.82, 2.24) is 14.5 Å². The van der Waals surface area contributed by atoms with Gasteiger partial charge in [0.25, 0.3) is 11.5 Å². The number of amides is 1. The number of benzene rings is 3. The smallest absolute Gasteiger partial charge is 0.266 e.